The van der Waals surface area contributed by atoms with Crippen LogP contribution in [0.15, 0.2) is 0 Å². The molecule has 0 aromatic carbocycles. The van der Waals surface area contributed by atoms with Crippen molar-refractivity contribution in [2.24, 2.45) is 0 Å². The maximum absolute atomic E-state index is 12.3. The Morgan fingerprint density at radius 3 is 2.50 bits per heavy atom. The normalized spacial score (nSPS) is 15.8. The molecule has 1 unspecified atom stereocenters. The molecule has 3 nitrogen and oxygen atoms in total. The maximum Gasteiger partial charge on any atom is 0.378 e. The molecule has 0 radical (unpaired) electrons. The summed E-state index contributed by atoms with van der Waals surface area (Å²) in [5.74, 6) is -6.13. The highest BCUT2D eigenvalue weighted by molar-refractivity contribution is 5.77. The Kier molecular flexibility index (Phi) is 4.02. The standard InChI is InChI=1S/C6H9F3O3/c1-2-3-12-5(10)6(9,11)4(7)8/h4,11H,2-3H2,1H3. The van der Waals surface area contributed by atoms with E-state index in [9.17, 15) is 18.0 Å². The van der Waals surface area contributed by atoms with Gasteiger partial charge >= 0.3 is 18.2 Å². The van der Waals surface area contributed by atoms with E-state index in [2.05, 4.69) is 4.74 Å². The Balaban J connectivity index is 4.07. The average molecular weight is 186 g/mol. The van der Waals surface area contributed by atoms with Crippen LogP contribution in [0.5, 0.6) is 0 Å². The fraction of sp³-hybridized carbons (Fsp3) is 0.833. The molecule has 1 N–H and O–H groups in total. The predicted octanol–water partition coefficient (Wildman–Crippen LogP) is 0.863. The number of rotatable bonds is 4. The topological polar surface area (TPSA) is 46.5 Å². The molecule has 0 bridgehead atoms. The first-order valence-electron chi connectivity index (χ1n) is 3.29. The second kappa shape index (κ2) is 4.30. The summed E-state index contributed by atoms with van der Waals surface area (Å²) in [7, 11) is 0. The lowest BCUT2D eigenvalue weighted by Gasteiger charge is -2.15. The minimum atomic E-state index is -4.19. The number of hydrogen-bond acceptors (Lipinski definition) is 3. The number of carbonyl (C=O) groups excluding carboxylic acids is 1. The third-order valence-corrected chi connectivity index (χ3v) is 1.01. The van der Waals surface area contributed by atoms with Crippen molar-refractivity contribution in [1.29, 1.82) is 0 Å². The highest BCUT2D eigenvalue weighted by Crippen LogP contribution is 2.18. The Morgan fingerprint density at radius 1 is 1.67 bits per heavy atom. The molecule has 0 heterocycles. The van der Waals surface area contributed by atoms with E-state index in [0.717, 1.165) is 0 Å². The van der Waals surface area contributed by atoms with Gasteiger partial charge in [0.1, 0.15) is 0 Å². The Hall–Kier alpha value is -0.780. The second-order valence-corrected chi connectivity index (χ2v) is 2.11. The fourth-order valence-corrected chi connectivity index (χ4v) is 0.385. The summed E-state index contributed by atoms with van der Waals surface area (Å²) < 4.78 is 39.4. The minimum Gasteiger partial charge on any atom is -0.461 e. The maximum atomic E-state index is 12.3. The van der Waals surface area contributed by atoms with Crippen molar-refractivity contribution in [3.8, 4) is 0 Å². The third-order valence-electron chi connectivity index (χ3n) is 1.01. The van der Waals surface area contributed by atoms with Gasteiger partial charge in [0.2, 0.25) is 0 Å². The molecule has 0 aliphatic heterocycles. The predicted molar refractivity (Wildman–Crippen MR) is 33.3 cm³/mol. The number of esters is 1. The van der Waals surface area contributed by atoms with Crippen LogP contribution in [0.4, 0.5) is 13.2 Å². The lowest BCUT2D eigenvalue weighted by atomic mass is 10.3. The van der Waals surface area contributed by atoms with Gasteiger partial charge in [-0.25, -0.2) is 13.6 Å². The molecule has 0 aromatic heterocycles. The summed E-state index contributed by atoms with van der Waals surface area (Å²) in [6.07, 6.45) is -3.42. The van der Waals surface area contributed by atoms with E-state index in [1.54, 1.807) is 6.92 Å². The summed E-state index contributed by atoms with van der Waals surface area (Å²) >= 11 is 0. The van der Waals surface area contributed by atoms with E-state index in [-0.39, 0.29) is 6.61 Å². The van der Waals surface area contributed by atoms with Crippen LogP contribution < -0.4 is 0 Å². The largest absolute Gasteiger partial charge is 0.461 e. The van der Waals surface area contributed by atoms with Crippen LogP contribution in [0.3, 0.4) is 0 Å². The zero-order valence-corrected chi connectivity index (χ0v) is 6.39. The molecule has 0 fully saturated rings. The summed E-state index contributed by atoms with van der Waals surface area (Å²) in [5, 5.41) is 8.20. The van der Waals surface area contributed by atoms with E-state index >= 15 is 0 Å². The Morgan fingerprint density at radius 2 is 2.17 bits per heavy atom. The summed E-state index contributed by atoms with van der Waals surface area (Å²) in [6.45, 7) is 1.41. The van der Waals surface area contributed by atoms with Crippen LogP contribution in [-0.2, 0) is 9.53 Å². The second-order valence-electron chi connectivity index (χ2n) is 2.11. The molecule has 72 valence electrons. The van der Waals surface area contributed by atoms with Crippen LogP contribution in [-0.4, -0.2) is 30.0 Å². The molecule has 0 aliphatic carbocycles. The van der Waals surface area contributed by atoms with Crippen LogP contribution in [0.1, 0.15) is 13.3 Å². The van der Waals surface area contributed by atoms with Crippen molar-refractivity contribution >= 4 is 5.97 Å². The number of hydrogen-bond donors (Lipinski definition) is 1. The van der Waals surface area contributed by atoms with E-state index in [4.69, 9.17) is 5.11 Å². The highest BCUT2D eigenvalue weighted by Gasteiger charge is 2.48. The molecule has 6 heteroatoms. The van der Waals surface area contributed by atoms with Crippen LogP contribution in [0.25, 0.3) is 0 Å². The van der Waals surface area contributed by atoms with Crippen molar-refractivity contribution in [1.82, 2.24) is 0 Å². The fourth-order valence-electron chi connectivity index (χ4n) is 0.385. The van der Waals surface area contributed by atoms with Gasteiger partial charge in [-0.2, -0.15) is 4.39 Å². The monoisotopic (exact) mass is 186 g/mol. The van der Waals surface area contributed by atoms with Gasteiger partial charge in [0.05, 0.1) is 6.61 Å². The molecule has 0 saturated carbocycles. The van der Waals surface area contributed by atoms with Gasteiger partial charge in [-0.05, 0) is 6.42 Å². The van der Waals surface area contributed by atoms with E-state index < -0.39 is 18.2 Å². The number of ether oxygens (including phenoxy) is 1. The molecule has 0 spiro atoms. The van der Waals surface area contributed by atoms with Gasteiger partial charge in [-0.3, -0.25) is 0 Å². The van der Waals surface area contributed by atoms with Gasteiger partial charge in [-0.15, -0.1) is 0 Å². The third kappa shape index (κ3) is 2.69. The first-order valence-corrected chi connectivity index (χ1v) is 3.29. The number of carbonyl (C=O) groups is 1. The molecule has 0 aliphatic rings. The van der Waals surface area contributed by atoms with Gasteiger partial charge in [0.15, 0.2) is 0 Å². The minimum absolute atomic E-state index is 0.197. The lowest BCUT2D eigenvalue weighted by Crippen LogP contribution is -2.42. The number of alkyl halides is 3. The summed E-state index contributed by atoms with van der Waals surface area (Å²) in [4.78, 5) is 10.3. The molecule has 1 atom stereocenters. The summed E-state index contributed by atoms with van der Waals surface area (Å²) in [5.41, 5.74) is 0. The Bertz CT molecular complexity index is 158. The summed E-state index contributed by atoms with van der Waals surface area (Å²) in [6, 6.07) is 0. The number of aliphatic hydroxyl groups is 1. The molecular formula is C6H9F3O3. The van der Waals surface area contributed by atoms with Gasteiger partial charge < -0.3 is 9.84 Å². The van der Waals surface area contributed by atoms with E-state index in [1.807, 2.05) is 0 Å². The molecular weight excluding hydrogens is 177 g/mol. The van der Waals surface area contributed by atoms with E-state index in [1.165, 1.54) is 0 Å². The van der Waals surface area contributed by atoms with Gasteiger partial charge in [0, 0.05) is 0 Å². The first-order chi connectivity index (χ1) is 5.42. The van der Waals surface area contributed by atoms with Crippen molar-refractivity contribution in [3.05, 3.63) is 0 Å². The molecule has 0 aromatic rings. The SMILES string of the molecule is CCCOC(=O)C(O)(F)C(F)F. The zero-order valence-electron chi connectivity index (χ0n) is 6.39. The quantitative estimate of drug-likeness (QED) is 0.662. The van der Waals surface area contributed by atoms with Crippen molar-refractivity contribution in [2.45, 2.75) is 25.6 Å². The zero-order chi connectivity index (χ0) is 9.78. The highest BCUT2D eigenvalue weighted by atomic mass is 19.3. The Labute approximate surface area is 67.1 Å². The van der Waals surface area contributed by atoms with Crippen molar-refractivity contribution in [3.63, 3.8) is 0 Å². The lowest BCUT2D eigenvalue weighted by molar-refractivity contribution is -0.218. The van der Waals surface area contributed by atoms with Crippen LogP contribution in [0, 0.1) is 0 Å². The molecule has 0 saturated heterocycles. The number of halogens is 3. The van der Waals surface area contributed by atoms with Gasteiger partial charge in [-0.1, -0.05) is 6.92 Å². The average Bonchev–Trinajstić information content (AvgIpc) is 1.99. The van der Waals surface area contributed by atoms with Gasteiger partial charge in [0.25, 0.3) is 0 Å². The smallest absolute Gasteiger partial charge is 0.378 e. The molecule has 12 heavy (non-hydrogen) atoms. The van der Waals surface area contributed by atoms with Crippen molar-refractivity contribution in [2.75, 3.05) is 6.61 Å². The van der Waals surface area contributed by atoms with E-state index in [0.29, 0.717) is 6.42 Å². The first kappa shape index (κ1) is 11.2. The molecule has 0 rings (SSSR count). The van der Waals surface area contributed by atoms with Crippen LogP contribution in [0.2, 0.25) is 0 Å². The molecule has 0 amide bonds. The van der Waals surface area contributed by atoms with Crippen LogP contribution >= 0.6 is 0 Å². The van der Waals surface area contributed by atoms with Crippen molar-refractivity contribution < 1.29 is 27.8 Å².